The van der Waals surface area contributed by atoms with Crippen molar-refractivity contribution in [2.75, 3.05) is 43.4 Å². The molecule has 1 fully saturated rings. The van der Waals surface area contributed by atoms with Crippen LogP contribution >= 0.6 is 11.6 Å². The fourth-order valence-corrected chi connectivity index (χ4v) is 4.07. The van der Waals surface area contributed by atoms with Crippen molar-refractivity contribution < 1.29 is 9.59 Å². The molecule has 2 aromatic rings. The average molecular weight is 429 g/mol. The summed E-state index contributed by atoms with van der Waals surface area (Å²) in [4.78, 5) is 29.3. The number of carbonyl (C=O) groups is 2. The first kappa shape index (κ1) is 22.3. The summed E-state index contributed by atoms with van der Waals surface area (Å²) in [5.74, 6) is -0.0935. The van der Waals surface area contributed by atoms with Crippen molar-refractivity contribution in [3.05, 3.63) is 58.6 Å². The van der Waals surface area contributed by atoms with Gasteiger partial charge in [0.05, 0.1) is 23.3 Å². The van der Waals surface area contributed by atoms with Crippen LogP contribution in [0, 0.1) is 13.8 Å². The molecule has 1 heterocycles. The predicted molar refractivity (Wildman–Crippen MR) is 122 cm³/mol. The molecule has 2 amide bonds. The zero-order valence-corrected chi connectivity index (χ0v) is 18.5. The zero-order chi connectivity index (χ0) is 21.7. The Hall–Kier alpha value is -2.41. The van der Waals surface area contributed by atoms with Gasteiger partial charge in [-0.1, -0.05) is 35.9 Å². The van der Waals surface area contributed by atoms with Gasteiger partial charge in [-0.25, -0.2) is 0 Å². The van der Waals surface area contributed by atoms with E-state index < -0.39 is 0 Å². The molecule has 6 nitrogen and oxygen atoms in total. The Kier molecular flexibility index (Phi) is 7.48. The number of piperazine rings is 1. The standard InChI is InChI=1S/C23H29ClN4O2/c1-16-13-17(2)22(20(24)14-16)26-23(30)18(3)28-11-9-27(10-12-28)15-21(29)25-19-7-5-4-6-8-19/h4-8,13-14,18H,9-12,15H2,1-3H3,(H,25,29)(H,26,30). The van der Waals surface area contributed by atoms with E-state index in [0.717, 1.165) is 43.0 Å². The van der Waals surface area contributed by atoms with E-state index in [1.165, 1.54) is 0 Å². The quantitative estimate of drug-likeness (QED) is 0.738. The number of hydrogen-bond acceptors (Lipinski definition) is 4. The summed E-state index contributed by atoms with van der Waals surface area (Å²) >= 11 is 6.32. The molecule has 160 valence electrons. The first-order valence-corrected chi connectivity index (χ1v) is 10.6. The van der Waals surface area contributed by atoms with Crippen LogP contribution in [0.25, 0.3) is 0 Å². The van der Waals surface area contributed by atoms with E-state index in [9.17, 15) is 9.59 Å². The molecule has 0 radical (unpaired) electrons. The minimum atomic E-state index is -0.276. The van der Waals surface area contributed by atoms with Gasteiger partial charge >= 0.3 is 0 Å². The van der Waals surface area contributed by atoms with E-state index in [1.54, 1.807) is 0 Å². The third kappa shape index (κ3) is 5.81. The number of rotatable bonds is 6. The monoisotopic (exact) mass is 428 g/mol. The van der Waals surface area contributed by atoms with Crippen molar-refractivity contribution in [3.63, 3.8) is 0 Å². The summed E-state index contributed by atoms with van der Waals surface area (Å²) in [6.07, 6.45) is 0. The molecule has 0 spiro atoms. The number of hydrogen-bond donors (Lipinski definition) is 2. The predicted octanol–water partition coefficient (Wildman–Crippen LogP) is 3.54. The average Bonchev–Trinajstić information content (AvgIpc) is 2.71. The highest BCUT2D eigenvalue weighted by Crippen LogP contribution is 2.27. The molecule has 1 atom stereocenters. The lowest BCUT2D eigenvalue weighted by Gasteiger charge is -2.37. The van der Waals surface area contributed by atoms with Crippen LogP contribution in [0.2, 0.25) is 5.02 Å². The lowest BCUT2D eigenvalue weighted by atomic mass is 10.1. The molecule has 1 aliphatic heterocycles. The van der Waals surface area contributed by atoms with E-state index in [4.69, 9.17) is 11.6 Å². The molecule has 30 heavy (non-hydrogen) atoms. The van der Waals surface area contributed by atoms with Crippen molar-refractivity contribution in [1.29, 1.82) is 0 Å². The molecular weight excluding hydrogens is 400 g/mol. The molecule has 3 rings (SSSR count). The highest BCUT2D eigenvalue weighted by molar-refractivity contribution is 6.34. The summed E-state index contributed by atoms with van der Waals surface area (Å²) in [6.45, 7) is 9.12. The summed E-state index contributed by atoms with van der Waals surface area (Å²) in [7, 11) is 0. The molecule has 0 aliphatic carbocycles. The highest BCUT2D eigenvalue weighted by Gasteiger charge is 2.27. The van der Waals surface area contributed by atoms with Gasteiger partial charge < -0.3 is 10.6 Å². The smallest absolute Gasteiger partial charge is 0.241 e. The normalized spacial score (nSPS) is 16.1. The number of halogens is 1. The van der Waals surface area contributed by atoms with Crippen LogP contribution in [0.1, 0.15) is 18.1 Å². The van der Waals surface area contributed by atoms with Gasteiger partial charge in [-0.05, 0) is 50.1 Å². The van der Waals surface area contributed by atoms with Gasteiger partial charge in [-0.3, -0.25) is 19.4 Å². The molecule has 7 heteroatoms. The minimum absolute atomic E-state index is 0.0232. The van der Waals surface area contributed by atoms with E-state index >= 15 is 0 Å². The Balaban J connectivity index is 1.48. The third-order valence-corrected chi connectivity index (χ3v) is 5.74. The third-order valence-electron chi connectivity index (χ3n) is 5.44. The highest BCUT2D eigenvalue weighted by atomic mass is 35.5. The molecule has 1 saturated heterocycles. The first-order valence-electron chi connectivity index (χ1n) is 10.2. The second kappa shape index (κ2) is 10.1. The molecule has 1 aliphatic rings. The van der Waals surface area contributed by atoms with E-state index in [-0.39, 0.29) is 17.9 Å². The molecule has 0 saturated carbocycles. The Morgan fingerprint density at radius 1 is 1.03 bits per heavy atom. The number of nitrogens with one attached hydrogen (secondary N) is 2. The second-order valence-electron chi connectivity index (χ2n) is 7.83. The Morgan fingerprint density at radius 3 is 2.33 bits per heavy atom. The van der Waals surface area contributed by atoms with E-state index in [0.29, 0.717) is 17.3 Å². The molecule has 2 aromatic carbocycles. The van der Waals surface area contributed by atoms with Gasteiger partial charge in [0, 0.05) is 31.9 Å². The number of benzene rings is 2. The van der Waals surface area contributed by atoms with E-state index in [2.05, 4.69) is 20.4 Å². The molecule has 2 N–H and O–H groups in total. The lowest BCUT2D eigenvalue weighted by molar-refractivity contribution is -0.122. The van der Waals surface area contributed by atoms with Crippen LogP contribution in [-0.4, -0.2) is 60.4 Å². The second-order valence-corrected chi connectivity index (χ2v) is 8.24. The SMILES string of the molecule is Cc1cc(C)c(NC(=O)C(C)N2CCN(CC(=O)Nc3ccccc3)CC2)c(Cl)c1. The van der Waals surface area contributed by atoms with Crippen LogP contribution < -0.4 is 10.6 Å². The maximum absolute atomic E-state index is 12.8. The molecule has 0 bridgehead atoms. The van der Waals surface area contributed by atoms with Gasteiger partial charge in [-0.2, -0.15) is 0 Å². The van der Waals surface area contributed by atoms with Gasteiger partial charge in [-0.15, -0.1) is 0 Å². The zero-order valence-electron chi connectivity index (χ0n) is 17.7. The van der Waals surface area contributed by atoms with Crippen molar-refractivity contribution in [2.24, 2.45) is 0 Å². The molecular formula is C23H29ClN4O2. The van der Waals surface area contributed by atoms with E-state index in [1.807, 2.05) is 63.2 Å². The number of anilines is 2. The summed E-state index contributed by atoms with van der Waals surface area (Å²) < 4.78 is 0. The maximum atomic E-state index is 12.8. The van der Waals surface area contributed by atoms with Crippen LogP contribution in [0.4, 0.5) is 11.4 Å². The Morgan fingerprint density at radius 2 is 1.70 bits per heavy atom. The number of nitrogens with zero attached hydrogens (tertiary/aromatic N) is 2. The first-order chi connectivity index (χ1) is 14.3. The molecule has 0 aromatic heterocycles. The van der Waals surface area contributed by atoms with Crippen LogP contribution in [0.3, 0.4) is 0 Å². The number of para-hydroxylation sites is 1. The van der Waals surface area contributed by atoms with Gasteiger partial charge in [0.2, 0.25) is 11.8 Å². The summed E-state index contributed by atoms with van der Waals surface area (Å²) in [5.41, 5.74) is 3.50. The Bertz CT molecular complexity index is 872. The number of aryl methyl sites for hydroxylation is 2. The van der Waals surface area contributed by atoms with Gasteiger partial charge in [0.15, 0.2) is 0 Å². The van der Waals surface area contributed by atoms with Crippen LogP contribution in [-0.2, 0) is 9.59 Å². The molecule has 1 unspecified atom stereocenters. The lowest BCUT2D eigenvalue weighted by Crippen LogP contribution is -2.53. The maximum Gasteiger partial charge on any atom is 0.241 e. The van der Waals surface area contributed by atoms with Crippen molar-refractivity contribution in [3.8, 4) is 0 Å². The largest absolute Gasteiger partial charge is 0.325 e. The fraction of sp³-hybridized carbons (Fsp3) is 0.391. The summed E-state index contributed by atoms with van der Waals surface area (Å²) in [6, 6.07) is 13.0. The van der Waals surface area contributed by atoms with Gasteiger partial charge in [0.1, 0.15) is 0 Å². The number of amides is 2. The van der Waals surface area contributed by atoms with Crippen molar-refractivity contribution in [2.45, 2.75) is 26.8 Å². The minimum Gasteiger partial charge on any atom is -0.325 e. The van der Waals surface area contributed by atoms with Crippen LogP contribution in [0.15, 0.2) is 42.5 Å². The summed E-state index contributed by atoms with van der Waals surface area (Å²) in [5, 5.41) is 6.45. The van der Waals surface area contributed by atoms with Crippen molar-refractivity contribution >= 4 is 34.8 Å². The van der Waals surface area contributed by atoms with Crippen molar-refractivity contribution in [1.82, 2.24) is 9.80 Å². The topological polar surface area (TPSA) is 64.7 Å². The van der Waals surface area contributed by atoms with Crippen LogP contribution in [0.5, 0.6) is 0 Å². The number of carbonyl (C=O) groups excluding carboxylic acids is 2. The fourth-order valence-electron chi connectivity index (χ4n) is 3.70. The Labute approximate surface area is 183 Å². The van der Waals surface area contributed by atoms with Gasteiger partial charge in [0.25, 0.3) is 0 Å².